The Balaban J connectivity index is 2.41. The van der Waals surface area contributed by atoms with Crippen LogP contribution < -0.4 is 10.8 Å². The van der Waals surface area contributed by atoms with Gasteiger partial charge in [-0.05, 0) is 30.3 Å². The number of rotatable bonds is 4. The molecule has 0 spiro atoms. The molecule has 0 saturated heterocycles. The summed E-state index contributed by atoms with van der Waals surface area (Å²) in [6, 6.07) is 9.02. The van der Waals surface area contributed by atoms with Crippen LogP contribution in [-0.4, -0.2) is 11.9 Å². The number of furan rings is 1. The molecule has 22 heavy (non-hydrogen) atoms. The van der Waals surface area contributed by atoms with E-state index in [-0.39, 0.29) is 21.9 Å². The monoisotopic (exact) mass is 315 g/mol. The van der Waals surface area contributed by atoms with E-state index in [9.17, 15) is 14.7 Å². The first kappa shape index (κ1) is 15.4. The summed E-state index contributed by atoms with van der Waals surface area (Å²) >= 11 is 5.76. The number of nitriles is 1. The predicted molar refractivity (Wildman–Crippen MR) is 76.3 cm³/mol. The predicted octanol–water partition coefficient (Wildman–Crippen LogP) is 1.36. The number of nitrogens with zero attached hydrogens (tertiary/aromatic N) is 1. The fourth-order valence-electron chi connectivity index (χ4n) is 1.72. The minimum absolute atomic E-state index is 0.0518. The normalized spacial score (nSPS) is 11.0. The summed E-state index contributed by atoms with van der Waals surface area (Å²) in [4.78, 5) is 21.9. The Morgan fingerprint density at radius 3 is 2.64 bits per heavy atom. The van der Waals surface area contributed by atoms with Gasteiger partial charge < -0.3 is 20.1 Å². The maximum absolute atomic E-state index is 11.0. The molecule has 0 aliphatic carbocycles. The van der Waals surface area contributed by atoms with Crippen molar-refractivity contribution in [2.24, 2.45) is 5.73 Å². The molecule has 0 aliphatic heterocycles. The molecule has 7 heteroatoms. The van der Waals surface area contributed by atoms with E-state index in [1.54, 1.807) is 18.2 Å². The summed E-state index contributed by atoms with van der Waals surface area (Å²) in [6.45, 7) is 0. The number of carbonyl (C=O) groups is 2. The van der Waals surface area contributed by atoms with Crippen molar-refractivity contribution in [3.63, 3.8) is 0 Å². The van der Waals surface area contributed by atoms with Crippen molar-refractivity contribution in [3.05, 3.63) is 52.3 Å². The minimum Gasteiger partial charge on any atom is -0.545 e. The molecule has 0 bridgehead atoms. The zero-order valence-electron chi connectivity index (χ0n) is 11.0. The van der Waals surface area contributed by atoms with Crippen molar-refractivity contribution in [3.8, 4) is 17.4 Å². The number of halogens is 1. The van der Waals surface area contributed by atoms with Crippen LogP contribution >= 0.6 is 11.6 Å². The molecule has 6 nitrogen and oxygen atoms in total. The van der Waals surface area contributed by atoms with E-state index in [2.05, 4.69) is 0 Å². The van der Waals surface area contributed by atoms with Gasteiger partial charge in [-0.25, -0.2) is 0 Å². The third-order valence-corrected chi connectivity index (χ3v) is 3.10. The van der Waals surface area contributed by atoms with Crippen molar-refractivity contribution in [2.75, 3.05) is 0 Å². The van der Waals surface area contributed by atoms with Gasteiger partial charge in [-0.3, -0.25) is 4.79 Å². The van der Waals surface area contributed by atoms with Gasteiger partial charge in [0.2, 0.25) is 0 Å². The van der Waals surface area contributed by atoms with E-state index in [0.29, 0.717) is 11.3 Å². The van der Waals surface area contributed by atoms with Gasteiger partial charge in [0.05, 0.1) is 5.97 Å². The van der Waals surface area contributed by atoms with Gasteiger partial charge in [0.15, 0.2) is 0 Å². The smallest absolute Gasteiger partial charge is 0.259 e. The summed E-state index contributed by atoms with van der Waals surface area (Å²) in [7, 11) is 0. The molecular formula is C15H8ClN2O4-. The standard InChI is InChI=1S/C15H9ClN2O4/c16-12-3-1-8(6-11(12)15(20)21)13-4-2-10(22-13)5-9(7-17)14(18)19/h1-6H,(H2,18,19)(H,20,21)/p-1. The Hall–Kier alpha value is -3.04. The number of amides is 1. The van der Waals surface area contributed by atoms with Gasteiger partial charge in [0.25, 0.3) is 5.91 Å². The lowest BCUT2D eigenvalue weighted by Gasteiger charge is -2.06. The fraction of sp³-hybridized carbons (Fsp3) is 0. The number of nitrogens with two attached hydrogens (primary N) is 1. The van der Waals surface area contributed by atoms with Crippen molar-refractivity contribution in [1.82, 2.24) is 0 Å². The number of primary amides is 1. The number of hydrogen-bond acceptors (Lipinski definition) is 5. The molecule has 0 saturated carbocycles. The molecular weight excluding hydrogens is 308 g/mol. The molecule has 110 valence electrons. The summed E-state index contributed by atoms with van der Waals surface area (Å²) in [5, 5.41) is 19.8. The summed E-state index contributed by atoms with van der Waals surface area (Å²) in [5.41, 5.74) is 5.06. The maximum atomic E-state index is 11.0. The molecule has 2 N–H and O–H groups in total. The van der Waals surface area contributed by atoms with Crippen LogP contribution in [0.3, 0.4) is 0 Å². The molecule has 0 aliphatic rings. The molecule has 0 fully saturated rings. The third kappa shape index (κ3) is 3.16. The van der Waals surface area contributed by atoms with Crippen LogP contribution in [0.1, 0.15) is 16.1 Å². The highest BCUT2D eigenvalue weighted by Gasteiger charge is 2.10. The van der Waals surface area contributed by atoms with Crippen LogP contribution in [0, 0.1) is 11.3 Å². The van der Waals surface area contributed by atoms with E-state index >= 15 is 0 Å². The summed E-state index contributed by atoms with van der Waals surface area (Å²) in [6.07, 6.45) is 1.20. The van der Waals surface area contributed by atoms with E-state index in [4.69, 9.17) is 27.0 Å². The van der Waals surface area contributed by atoms with Gasteiger partial charge in [-0.15, -0.1) is 0 Å². The Morgan fingerprint density at radius 1 is 1.32 bits per heavy atom. The third-order valence-electron chi connectivity index (χ3n) is 2.77. The van der Waals surface area contributed by atoms with Crippen LogP contribution in [0.2, 0.25) is 5.02 Å². The Labute approximate surface area is 130 Å². The molecule has 2 aromatic rings. The molecule has 1 aromatic carbocycles. The van der Waals surface area contributed by atoms with Gasteiger partial charge in [-0.1, -0.05) is 11.6 Å². The summed E-state index contributed by atoms with van der Waals surface area (Å²) < 4.78 is 5.44. The molecule has 0 unspecified atom stereocenters. The quantitative estimate of drug-likeness (QED) is 0.674. The molecule has 2 rings (SSSR count). The van der Waals surface area contributed by atoms with Crippen LogP contribution in [0.25, 0.3) is 17.4 Å². The van der Waals surface area contributed by atoms with Crippen LogP contribution in [0.5, 0.6) is 0 Å². The Bertz CT molecular complexity index is 830. The molecule has 1 heterocycles. The molecule has 0 atom stereocenters. The zero-order valence-corrected chi connectivity index (χ0v) is 11.8. The second-order valence-corrected chi connectivity index (χ2v) is 4.63. The number of carboxylic acid groups (broad SMARTS) is 1. The van der Waals surface area contributed by atoms with Gasteiger partial charge in [0, 0.05) is 22.2 Å². The first-order valence-corrected chi connectivity index (χ1v) is 6.33. The Kier molecular flexibility index (Phi) is 4.30. The highest BCUT2D eigenvalue weighted by atomic mass is 35.5. The van der Waals surface area contributed by atoms with E-state index in [0.717, 1.165) is 0 Å². The van der Waals surface area contributed by atoms with E-state index in [1.807, 2.05) is 0 Å². The number of hydrogen-bond donors (Lipinski definition) is 1. The maximum Gasteiger partial charge on any atom is 0.259 e. The van der Waals surface area contributed by atoms with E-state index in [1.165, 1.54) is 24.3 Å². The highest BCUT2D eigenvalue weighted by molar-refractivity contribution is 6.33. The van der Waals surface area contributed by atoms with Gasteiger partial charge in [-0.2, -0.15) is 5.26 Å². The van der Waals surface area contributed by atoms with Crippen molar-refractivity contribution < 1.29 is 19.1 Å². The Morgan fingerprint density at radius 2 is 2.05 bits per heavy atom. The van der Waals surface area contributed by atoms with Crippen molar-refractivity contribution >= 4 is 29.6 Å². The SMILES string of the molecule is N#CC(=Cc1ccc(-c2ccc(Cl)c(C(=O)[O-])c2)o1)C(N)=O. The van der Waals surface area contributed by atoms with Gasteiger partial charge in [0.1, 0.15) is 23.2 Å². The fourth-order valence-corrected chi connectivity index (χ4v) is 1.92. The van der Waals surface area contributed by atoms with Crippen LogP contribution in [0.4, 0.5) is 0 Å². The molecule has 1 aromatic heterocycles. The second-order valence-electron chi connectivity index (χ2n) is 4.22. The van der Waals surface area contributed by atoms with Gasteiger partial charge >= 0.3 is 0 Å². The highest BCUT2D eigenvalue weighted by Crippen LogP contribution is 2.27. The largest absolute Gasteiger partial charge is 0.545 e. The average molecular weight is 316 g/mol. The minimum atomic E-state index is -1.40. The number of carboxylic acids is 1. The number of benzene rings is 1. The second kappa shape index (κ2) is 6.16. The molecule has 1 amide bonds. The lowest BCUT2D eigenvalue weighted by molar-refractivity contribution is -0.255. The average Bonchev–Trinajstić information content (AvgIpc) is 2.93. The van der Waals surface area contributed by atoms with Crippen molar-refractivity contribution in [2.45, 2.75) is 0 Å². The lowest BCUT2D eigenvalue weighted by Crippen LogP contribution is -2.22. The van der Waals surface area contributed by atoms with Crippen LogP contribution in [-0.2, 0) is 4.79 Å². The first-order chi connectivity index (χ1) is 10.4. The van der Waals surface area contributed by atoms with Crippen molar-refractivity contribution in [1.29, 1.82) is 5.26 Å². The van der Waals surface area contributed by atoms with E-state index < -0.39 is 11.9 Å². The number of carbonyl (C=O) groups excluding carboxylic acids is 2. The lowest BCUT2D eigenvalue weighted by atomic mass is 10.1. The zero-order chi connectivity index (χ0) is 16.3. The molecule has 0 radical (unpaired) electrons. The summed E-state index contributed by atoms with van der Waals surface area (Å²) in [5.74, 6) is -1.70. The topological polar surface area (TPSA) is 120 Å². The number of aromatic carboxylic acids is 1. The first-order valence-electron chi connectivity index (χ1n) is 5.95. The van der Waals surface area contributed by atoms with Crippen LogP contribution in [0.15, 0.2) is 40.3 Å².